The average Bonchev–Trinajstić information content (AvgIpc) is 3.09. The van der Waals surface area contributed by atoms with Gasteiger partial charge in [-0.1, -0.05) is 42.1 Å². The molecule has 7 heteroatoms. The summed E-state index contributed by atoms with van der Waals surface area (Å²) in [5, 5.41) is 2.06. The van der Waals surface area contributed by atoms with Gasteiger partial charge in [0.2, 0.25) is 0 Å². The predicted octanol–water partition coefficient (Wildman–Crippen LogP) is 4.20. The fraction of sp³-hybridized carbons (Fsp3) is 0.261. The molecule has 0 fully saturated rings. The molecule has 4 aromatic rings. The van der Waals surface area contributed by atoms with Crippen molar-refractivity contribution >= 4 is 39.4 Å². The summed E-state index contributed by atoms with van der Waals surface area (Å²) in [6.45, 7) is 2.96. The van der Waals surface area contributed by atoms with E-state index in [1.807, 2.05) is 49.4 Å². The van der Waals surface area contributed by atoms with Crippen molar-refractivity contribution in [2.75, 3.05) is 19.5 Å². The Morgan fingerprint density at radius 2 is 1.87 bits per heavy atom. The highest BCUT2D eigenvalue weighted by Gasteiger charge is 2.18. The minimum atomic E-state index is -0.0880. The number of carbonyl (C=O) groups excluding carboxylic acids is 1. The summed E-state index contributed by atoms with van der Waals surface area (Å²) < 4.78 is 6.79. The summed E-state index contributed by atoms with van der Waals surface area (Å²) >= 11 is 1.31. The van der Waals surface area contributed by atoms with E-state index in [2.05, 4.69) is 9.97 Å². The number of ketones is 1. The highest BCUT2D eigenvalue weighted by atomic mass is 32.2. The second-order valence-electron chi connectivity index (χ2n) is 7.10. The zero-order valence-electron chi connectivity index (χ0n) is 17.0. The van der Waals surface area contributed by atoms with Crippen molar-refractivity contribution in [1.82, 2.24) is 14.5 Å². The highest BCUT2D eigenvalue weighted by molar-refractivity contribution is 7.99. The summed E-state index contributed by atoms with van der Waals surface area (Å²) in [5.74, 6) is 0.221. The molecule has 0 aliphatic heterocycles. The van der Waals surface area contributed by atoms with E-state index < -0.39 is 0 Å². The molecule has 0 atom stereocenters. The molecule has 2 aromatic carbocycles. The van der Waals surface area contributed by atoms with E-state index >= 15 is 0 Å². The normalized spacial score (nSPS) is 11.4. The van der Waals surface area contributed by atoms with Crippen LogP contribution >= 0.6 is 11.8 Å². The number of nitrogens with one attached hydrogen (secondary N) is 1. The first kappa shape index (κ1) is 20.4. The molecule has 1 N–H and O–H groups in total. The molecule has 30 heavy (non-hydrogen) atoms. The van der Waals surface area contributed by atoms with E-state index in [1.165, 1.54) is 11.8 Å². The van der Waals surface area contributed by atoms with Crippen molar-refractivity contribution in [3.05, 3.63) is 70.1 Å². The molecule has 4 rings (SSSR count). The van der Waals surface area contributed by atoms with Gasteiger partial charge in [0, 0.05) is 42.4 Å². The number of hydrogen-bond donors (Lipinski definition) is 1. The lowest BCUT2D eigenvalue weighted by Gasteiger charge is -2.13. The zero-order chi connectivity index (χ0) is 21.1. The van der Waals surface area contributed by atoms with Gasteiger partial charge in [-0.3, -0.25) is 14.2 Å². The molecule has 0 spiro atoms. The van der Waals surface area contributed by atoms with Crippen LogP contribution in [0.4, 0.5) is 0 Å². The van der Waals surface area contributed by atoms with Crippen LogP contribution in [0.25, 0.3) is 21.8 Å². The Hall–Kier alpha value is -2.90. The first-order chi connectivity index (χ1) is 14.6. The van der Waals surface area contributed by atoms with E-state index in [-0.39, 0.29) is 17.1 Å². The summed E-state index contributed by atoms with van der Waals surface area (Å²) in [7, 11) is 1.64. The van der Waals surface area contributed by atoms with E-state index in [9.17, 15) is 9.59 Å². The minimum absolute atomic E-state index is 0.0146. The lowest BCUT2D eigenvalue weighted by Crippen LogP contribution is -2.24. The number of rotatable bonds is 8. The average molecular weight is 422 g/mol. The third-order valence-corrected chi connectivity index (χ3v) is 6.04. The third-order valence-electron chi connectivity index (χ3n) is 5.06. The Labute approximate surface area is 178 Å². The number of aromatic nitrogens is 3. The third kappa shape index (κ3) is 3.91. The molecule has 0 saturated heterocycles. The first-order valence-electron chi connectivity index (χ1n) is 9.82. The van der Waals surface area contributed by atoms with Crippen LogP contribution in [0.1, 0.15) is 22.5 Å². The monoisotopic (exact) mass is 421 g/mol. The molecule has 2 aromatic heterocycles. The molecule has 0 aliphatic carbocycles. The molecule has 0 amide bonds. The molecule has 0 radical (unpaired) electrons. The maximum Gasteiger partial charge on any atom is 0.262 e. The number of Topliss-reactive ketones (excluding diaryl/α,β-unsaturated/α-hetero) is 1. The van der Waals surface area contributed by atoms with Gasteiger partial charge in [0.25, 0.3) is 5.56 Å². The number of aryl methyl sites for hydroxylation is 1. The topological polar surface area (TPSA) is 77.0 Å². The number of methoxy groups -OCH3 is 1. The Morgan fingerprint density at radius 1 is 1.13 bits per heavy atom. The van der Waals surface area contributed by atoms with Gasteiger partial charge in [-0.15, -0.1) is 0 Å². The van der Waals surface area contributed by atoms with Crippen molar-refractivity contribution in [2.45, 2.75) is 25.0 Å². The van der Waals surface area contributed by atoms with Gasteiger partial charge >= 0.3 is 0 Å². The number of benzene rings is 2. The van der Waals surface area contributed by atoms with Gasteiger partial charge in [0.1, 0.15) is 0 Å². The van der Waals surface area contributed by atoms with E-state index in [0.29, 0.717) is 41.2 Å². The molecule has 0 unspecified atom stereocenters. The highest BCUT2D eigenvalue weighted by Crippen LogP contribution is 2.25. The fourth-order valence-electron chi connectivity index (χ4n) is 3.66. The zero-order valence-corrected chi connectivity index (χ0v) is 17.8. The second-order valence-corrected chi connectivity index (χ2v) is 8.04. The van der Waals surface area contributed by atoms with Crippen LogP contribution in [0.15, 0.2) is 58.5 Å². The molecule has 2 heterocycles. The predicted molar refractivity (Wildman–Crippen MR) is 121 cm³/mol. The SMILES string of the molecule is COCCCn1c(SCC(=O)c2c(C)[nH]c3ccccc23)nc2ccccc2c1=O. The van der Waals surface area contributed by atoms with Crippen LogP contribution in [0.2, 0.25) is 0 Å². The fourth-order valence-corrected chi connectivity index (χ4v) is 4.56. The van der Waals surface area contributed by atoms with Crippen LogP contribution in [-0.4, -0.2) is 39.8 Å². The van der Waals surface area contributed by atoms with Crippen molar-refractivity contribution in [2.24, 2.45) is 0 Å². The number of nitrogens with zero attached hydrogens (tertiary/aromatic N) is 2. The Balaban J connectivity index is 1.65. The van der Waals surface area contributed by atoms with Crippen LogP contribution in [0.3, 0.4) is 0 Å². The Morgan fingerprint density at radius 3 is 2.67 bits per heavy atom. The summed E-state index contributed by atoms with van der Waals surface area (Å²) in [4.78, 5) is 34.0. The molecule has 154 valence electrons. The van der Waals surface area contributed by atoms with Crippen molar-refractivity contribution in [3.63, 3.8) is 0 Å². The van der Waals surface area contributed by atoms with E-state index in [0.717, 1.165) is 16.6 Å². The molecule has 0 bridgehead atoms. The number of ether oxygens (including phenoxy) is 1. The van der Waals surface area contributed by atoms with Gasteiger partial charge in [0.15, 0.2) is 10.9 Å². The van der Waals surface area contributed by atoms with Crippen molar-refractivity contribution in [3.8, 4) is 0 Å². The molecule has 0 aliphatic rings. The number of H-pyrrole nitrogens is 1. The van der Waals surface area contributed by atoms with E-state index in [4.69, 9.17) is 4.74 Å². The maximum atomic E-state index is 13.1. The number of hydrogen-bond acceptors (Lipinski definition) is 5. The lowest BCUT2D eigenvalue weighted by molar-refractivity contribution is 0.102. The quantitative estimate of drug-likeness (QED) is 0.200. The smallest absolute Gasteiger partial charge is 0.262 e. The van der Waals surface area contributed by atoms with E-state index in [1.54, 1.807) is 17.7 Å². The van der Waals surface area contributed by atoms with Gasteiger partial charge < -0.3 is 9.72 Å². The number of fused-ring (bicyclic) bond motifs is 2. The Kier molecular flexibility index (Phi) is 6.01. The van der Waals surface area contributed by atoms with Gasteiger partial charge in [-0.25, -0.2) is 4.98 Å². The first-order valence-corrected chi connectivity index (χ1v) is 10.8. The standard InChI is InChI=1S/C23H23N3O3S/c1-15-21(16-8-3-5-10-18(16)24-15)20(27)14-30-23-25-19-11-6-4-9-17(19)22(28)26(23)12-7-13-29-2/h3-6,8-11,24H,7,12-14H2,1-2H3. The van der Waals surface area contributed by atoms with Gasteiger partial charge in [0.05, 0.1) is 16.7 Å². The van der Waals surface area contributed by atoms with Crippen molar-refractivity contribution < 1.29 is 9.53 Å². The van der Waals surface area contributed by atoms with Gasteiger partial charge in [-0.05, 0) is 31.5 Å². The number of thioether (sulfide) groups is 1. The second kappa shape index (κ2) is 8.85. The minimum Gasteiger partial charge on any atom is -0.385 e. The molecule has 6 nitrogen and oxygen atoms in total. The molecular formula is C23H23N3O3S. The lowest BCUT2D eigenvalue weighted by atomic mass is 10.1. The largest absolute Gasteiger partial charge is 0.385 e. The summed E-state index contributed by atoms with van der Waals surface area (Å²) in [6, 6.07) is 15.1. The summed E-state index contributed by atoms with van der Waals surface area (Å²) in [5.41, 5.74) is 3.06. The van der Waals surface area contributed by atoms with Crippen LogP contribution in [0, 0.1) is 6.92 Å². The number of carbonyl (C=O) groups is 1. The van der Waals surface area contributed by atoms with Gasteiger partial charge in [-0.2, -0.15) is 0 Å². The van der Waals surface area contributed by atoms with Crippen LogP contribution < -0.4 is 5.56 Å². The number of aromatic amines is 1. The maximum absolute atomic E-state index is 13.1. The van der Waals surface area contributed by atoms with Crippen LogP contribution in [0.5, 0.6) is 0 Å². The van der Waals surface area contributed by atoms with Crippen LogP contribution in [-0.2, 0) is 11.3 Å². The summed E-state index contributed by atoms with van der Waals surface area (Å²) in [6.07, 6.45) is 0.694. The molecular weight excluding hydrogens is 398 g/mol. The Bertz CT molecular complexity index is 1280. The van der Waals surface area contributed by atoms with Crippen molar-refractivity contribution in [1.29, 1.82) is 0 Å². The number of para-hydroxylation sites is 2. The molecule has 0 saturated carbocycles.